The molecular weight excluding hydrogens is 730 g/mol. The predicted octanol–water partition coefficient (Wildman–Crippen LogP) is 5.78. The Hall–Kier alpha value is -3.13. The van der Waals surface area contributed by atoms with Crippen LogP contribution in [0.1, 0.15) is 80.5 Å². The molecule has 0 saturated heterocycles. The van der Waals surface area contributed by atoms with Crippen molar-refractivity contribution in [3.8, 4) is 5.75 Å². The van der Waals surface area contributed by atoms with E-state index in [1.807, 2.05) is 0 Å². The van der Waals surface area contributed by atoms with Gasteiger partial charge in [0.25, 0.3) is 0 Å². The van der Waals surface area contributed by atoms with E-state index in [9.17, 15) is 49.1 Å². The van der Waals surface area contributed by atoms with Crippen molar-refractivity contribution in [3.63, 3.8) is 0 Å². The molecule has 2 atom stereocenters. The van der Waals surface area contributed by atoms with Gasteiger partial charge in [-0.15, -0.1) is 0 Å². The van der Waals surface area contributed by atoms with Crippen LogP contribution in [-0.2, 0) is 34.5 Å². The minimum atomic E-state index is -5.12. The number of alkyl halides is 9. The van der Waals surface area contributed by atoms with Crippen molar-refractivity contribution in [2.24, 2.45) is 0 Å². The molecule has 274 valence electrons. The van der Waals surface area contributed by atoms with Crippen LogP contribution >= 0.6 is 0 Å². The standard InChI is InChI=1S/C32H31F9N4O5.K.H/c1-3-21-15-23(22-14-18(30(33,34)35)7-8-25(22)45(21)29(48)49-4-2)43-28-42-16-26(50-9-5-6-27(46)47)24(44-28)12-17-10-19(31(36,37)38)13-20(11-17)32(39,40)41;;/h7-8,10-11,13-14,16,21,23H,3-6,9,12,15H2,1-2H3,(H,46,47)(H,42,43,44);;/q;+1;-1/t21-,23+;;/m1../s1. The smallest absolute Gasteiger partial charge is 1.00 e. The average molecular weight is 763 g/mol. The van der Waals surface area contributed by atoms with Crippen molar-refractivity contribution >= 4 is 23.7 Å². The number of halogens is 9. The molecule has 1 aliphatic heterocycles. The molecule has 0 fully saturated rings. The van der Waals surface area contributed by atoms with Crippen LogP contribution in [0.2, 0.25) is 0 Å². The van der Waals surface area contributed by atoms with Crippen molar-refractivity contribution in [2.45, 2.75) is 76.6 Å². The Balaban J connectivity index is 0.00000468. The number of benzene rings is 2. The van der Waals surface area contributed by atoms with Crippen LogP contribution in [0.25, 0.3) is 0 Å². The van der Waals surface area contributed by atoms with Crippen molar-refractivity contribution in [2.75, 3.05) is 23.4 Å². The molecule has 1 aromatic heterocycles. The van der Waals surface area contributed by atoms with Crippen LogP contribution in [-0.4, -0.2) is 46.4 Å². The second-order valence-corrected chi connectivity index (χ2v) is 11.3. The van der Waals surface area contributed by atoms with E-state index in [1.165, 1.54) is 4.90 Å². The summed E-state index contributed by atoms with van der Waals surface area (Å²) in [5.74, 6) is -1.56. The summed E-state index contributed by atoms with van der Waals surface area (Å²) in [4.78, 5) is 33.5. The summed E-state index contributed by atoms with van der Waals surface area (Å²) in [7, 11) is 0. The monoisotopic (exact) mass is 762 g/mol. The fourth-order valence-electron chi connectivity index (χ4n) is 5.46. The van der Waals surface area contributed by atoms with Gasteiger partial charge < -0.3 is 21.3 Å². The van der Waals surface area contributed by atoms with Crippen LogP contribution in [0.3, 0.4) is 0 Å². The van der Waals surface area contributed by atoms with E-state index >= 15 is 0 Å². The number of ether oxygens (including phenoxy) is 2. The first-order valence-electron chi connectivity index (χ1n) is 15.2. The summed E-state index contributed by atoms with van der Waals surface area (Å²) in [5, 5.41) is 11.8. The molecule has 4 rings (SSSR count). The number of nitrogens with zero attached hydrogens (tertiary/aromatic N) is 3. The number of aromatic nitrogens is 2. The molecule has 1 aliphatic rings. The maximum absolute atomic E-state index is 13.8. The molecule has 0 unspecified atom stereocenters. The van der Waals surface area contributed by atoms with E-state index in [1.54, 1.807) is 13.8 Å². The SMILES string of the molecule is CCOC(=O)N1c2ccc(C(F)(F)F)cc2[C@@H](Nc2ncc(OCCCC(=O)O)c(Cc3cc(C(F)(F)F)cc(C(F)(F)F)c3)n2)C[C@H]1CC.[H-].[K+]. The third kappa shape index (κ3) is 10.9. The molecular formula is C32H32F9KN4O5. The Bertz CT molecular complexity index is 1680. The van der Waals surface area contributed by atoms with Gasteiger partial charge in [-0.3, -0.25) is 9.69 Å². The summed E-state index contributed by atoms with van der Waals surface area (Å²) in [6.07, 6.45) is -15.3. The van der Waals surface area contributed by atoms with Gasteiger partial charge in [0.2, 0.25) is 5.95 Å². The quantitative estimate of drug-likeness (QED) is 0.144. The van der Waals surface area contributed by atoms with Crippen molar-refractivity contribution < 1.29 is 116 Å². The Labute approximate surface area is 329 Å². The third-order valence-corrected chi connectivity index (χ3v) is 7.74. The normalized spacial score (nSPS) is 16.2. The maximum Gasteiger partial charge on any atom is 1.00 e. The largest absolute Gasteiger partial charge is 1.00 e. The zero-order valence-corrected chi connectivity index (χ0v) is 30.6. The van der Waals surface area contributed by atoms with Gasteiger partial charge in [-0.1, -0.05) is 6.92 Å². The summed E-state index contributed by atoms with van der Waals surface area (Å²) >= 11 is 0. The Morgan fingerprint density at radius 3 is 2.14 bits per heavy atom. The minimum Gasteiger partial charge on any atom is -1.00 e. The van der Waals surface area contributed by atoms with Crippen molar-refractivity contribution in [1.82, 2.24) is 9.97 Å². The van der Waals surface area contributed by atoms with Gasteiger partial charge >= 0.3 is 82.0 Å². The molecule has 0 aliphatic carbocycles. The number of hydrogen-bond donors (Lipinski definition) is 2. The number of nitrogens with one attached hydrogen (secondary N) is 1. The van der Waals surface area contributed by atoms with Crippen LogP contribution in [0.4, 0.5) is 55.9 Å². The fourth-order valence-corrected chi connectivity index (χ4v) is 5.46. The van der Waals surface area contributed by atoms with E-state index in [2.05, 4.69) is 15.3 Å². The van der Waals surface area contributed by atoms with Crippen LogP contribution in [0.15, 0.2) is 42.6 Å². The number of rotatable bonds is 11. The van der Waals surface area contributed by atoms with E-state index in [0.717, 1.165) is 24.4 Å². The predicted molar refractivity (Wildman–Crippen MR) is 161 cm³/mol. The second kappa shape index (κ2) is 17.1. The number of carboxylic acids is 1. The number of anilines is 2. The van der Waals surface area contributed by atoms with Gasteiger partial charge in [0.1, 0.15) is 0 Å². The zero-order chi connectivity index (χ0) is 37.0. The molecule has 0 saturated carbocycles. The molecule has 0 radical (unpaired) electrons. The summed E-state index contributed by atoms with van der Waals surface area (Å²) < 4.78 is 133. The summed E-state index contributed by atoms with van der Waals surface area (Å²) in [5.41, 5.74) is -4.62. The molecule has 19 heteroatoms. The first-order valence-corrected chi connectivity index (χ1v) is 15.2. The van der Waals surface area contributed by atoms with E-state index < -0.39 is 71.3 Å². The van der Waals surface area contributed by atoms with Gasteiger partial charge in [-0.05, 0) is 73.7 Å². The molecule has 2 aromatic carbocycles. The van der Waals surface area contributed by atoms with Gasteiger partial charge in [-0.25, -0.2) is 14.8 Å². The van der Waals surface area contributed by atoms with Gasteiger partial charge in [0, 0.05) is 18.9 Å². The molecule has 2 heterocycles. The number of carbonyl (C=O) groups is 2. The molecule has 0 bridgehead atoms. The Morgan fingerprint density at radius 1 is 0.961 bits per heavy atom. The van der Waals surface area contributed by atoms with Crippen molar-refractivity contribution in [1.29, 1.82) is 0 Å². The van der Waals surface area contributed by atoms with Gasteiger partial charge in [0.15, 0.2) is 5.75 Å². The topological polar surface area (TPSA) is 114 Å². The molecule has 51 heavy (non-hydrogen) atoms. The van der Waals surface area contributed by atoms with Crippen LogP contribution in [0.5, 0.6) is 5.75 Å². The Morgan fingerprint density at radius 2 is 1.59 bits per heavy atom. The summed E-state index contributed by atoms with van der Waals surface area (Å²) in [6, 6.07) is 2.29. The van der Waals surface area contributed by atoms with E-state index in [-0.39, 0.29) is 120 Å². The first-order chi connectivity index (χ1) is 23.3. The summed E-state index contributed by atoms with van der Waals surface area (Å²) in [6.45, 7) is 3.10. The van der Waals surface area contributed by atoms with E-state index in [0.29, 0.717) is 18.6 Å². The Kier molecular flexibility index (Phi) is 14.2. The number of amides is 1. The maximum atomic E-state index is 13.8. The number of carbonyl (C=O) groups excluding carboxylic acids is 1. The zero-order valence-electron chi connectivity index (χ0n) is 28.5. The third-order valence-electron chi connectivity index (χ3n) is 7.74. The number of carboxylic acid groups (broad SMARTS) is 1. The first kappa shape index (κ1) is 42.3. The van der Waals surface area contributed by atoms with Crippen LogP contribution < -0.4 is 66.3 Å². The molecule has 1 amide bonds. The number of hydrogen-bond acceptors (Lipinski definition) is 7. The molecule has 0 spiro atoms. The van der Waals surface area contributed by atoms with Crippen LogP contribution in [0, 0.1) is 0 Å². The van der Waals surface area contributed by atoms with Gasteiger partial charge in [-0.2, -0.15) is 39.5 Å². The van der Waals surface area contributed by atoms with Gasteiger partial charge in [0.05, 0.1) is 53.5 Å². The molecule has 2 N–H and O–H groups in total. The molecule has 9 nitrogen and oxygen atoms in total. The number of aliphatic carboxylic acids is 1. The number of fused-ring (bicyclic) bond motifs is 1. The average Bonchev–Trinajstić information content (AvgIpc) is 3.02. The minimum absolute atomic E-state index is 0. The second-order valence-electron chi connectivity index (χ2n) is 11.3. The van der Waals surface area contributed by atoms with Crippen molar-refractivity contribution in [3.05, 3.63) is 76.1 Å². The fraction of sp³-hybridized carbons (Fsp3) is 0.438. The van der Waals surface area contributed by atoms with E-state index in [4.69, 9.17) is 14.6 Å². The molecule has 3 aromatic rings.